The van der Waals surface area contributed by atoms with Gasteiger partial charge in [0.25, 0.3) is 0 Å². The first-order valence-corrected chi connectivity index (χ1v) is 13.1. The molecular weight excluding hydrogens is 364 g/mol. The maximum absolute atomic E-state index is 11.1. The van der Waals surface area contributed by atoms with Crippen LogP contribution in [0.25, 0.3) is 0 Å². The molecule has 5 rings (SSSR count). The van der Waals surface area contributed by atoms with Gasteiger partial charge < -0.3 is 5.11 Å². The summed E-state index contributed by atoms with van der Waals surface area (Å²) in [6.07, 6.45) is 12.1. The number of hydrogen-bond acceptors (Lipinski definition) is 1. The van der Waals surface area contributed by atoms with E-state index in [1.165, 1.54) is 56.9 Å². The van der Waals surface area contributed by atoms with Gasteiger partial charge in [0, 0.05) is 0 Å². The summed E-state index contributed by atoms with van der Waals surface area (Å²) in [6, 6.07) is 0. The third kappa shape index (κ3) is 2.35. The molecule has 1 N–H and O–H groups in total. The van der Waals surface area contributed by atoms with Crippen LogP contribution in [0.1, 0.15) is 106 Å². The van der Waals surface area contributed by atoms with Crippen LogP contribution in [-0.4, -0.2) is 11.2 Å². The van der Waals surface area contributed by atoms with Crippen molar-refractivity contribution in [3.63, 3.8) is 0 Å². The molecule has 30 heavy (non-hydrogen) atoms. The lowest BCUT2D eigenvalue weighted by Crippen LogP contribution is -2.63. The molecule has 0 aromatic rings. The van der Waals surface area contributed by atoms with Gasteiger partial charge in [0.05, 0.1) is 6.10 Å². The van der Waals surface area contributed by atoms with Crippen molar-refractivity contribution in [2.75, 3.05) is 0 Å². The number of allylic oxidation sites excluding steroid dienone is 1. The van der Waals surface area contributed by atoms with E-state index in [-0.39, 0.29) is 11.5 Å². The predicted octanol–water partition coefficient (Wildman–Crippen LogP) is 7.63. The lowest BCUT2D eigenvalue weighted by molar-refractivity contribution is -0.216. The third-order valence-electron chi connectivity index (χ3n) is 13.1. The molecule has 5 fully saturated rings. The number of hydrogen-bond donors (Lipinski definition) is 1. The first kappa shape index (κ1) is 21.5. The first-order chi connectivity index (χ1) is 13.8. The number of aliphatic hydroxyl groups excluding tert-OH is 1. The standard InChI is InChI=1S/C29H48O/c1-18(2)19-11-13-26(5)15-16-28(7)20(24(19)26)9-10-22-27(6)17-23(30)25(3,4)21(27)12-14-29(22,28)8/h19-24,30H,1,9-17H2,2-8H3/t19-,20+,21-,22+,23-,24+,26+,27-,28+,29+/m0/s1. The summed E-state index contributed by atoms with van der Waals surface area (Å²) in [4.78, 5) is 0. The molecular formula is C29H48O. The molecule has 0 spiro atoms. The Kier molecular flexibility index (Phi) is 4.44. The zero-order valence-corrected chi connectivity index (χ0v) is 21.0. The van der Waals surface area contributed by atoms with Crippen molar-refractivity contribution in [2.24, 2.45) is 56.7 Å². The lowest BCUT2D eigenvalue weighted by Gasteiger charge is -2.70. The van der Waals surface area contributed by atoms with Crippen LogP contribution in [0.3, 0.4) is 0 Å². The molecule has 170 valence electrons. The van der Waals surface area contributed by atoms with Crippen LogP contribution in [0, 0.1) is 56.7 Å². The molecule has 0 heterocycles. The lowest BCUT2D eigenvalue weighted by atomic mass is 9.34. The van der Waals surface area contributed by atoms with Crippen LogP contribution >= 0.6 is 0 Å². The summed E-state index contributed by atoms with van der Waals surface area (Å²) < 4.78 is 0. The van der Waals surface area contributed by atoms with Crippen LogP contribution < -0.4 is 0 Å². The SMILES string of the molecule is C=C(C)[C@@H]1CC[C@]2(C)CC[C@]3(C)[C@H](CC[C@@H]4[C@@]5(C)C[C@H](O)C(C)(C)[C@@H]5CC[C@]43C)[C@@H]12. The second-order valence-corrected chi connectivity index (χ2v) is 14.4. The minimum Gasteiger partial charge on any atom is -0.393 e. The topological polar surface area (TPSA) is 20.2 Å². The Bertz CT molecular complexity index is 751. The van der Waals surface area contributed by atoms with E-state index in [1.807, 2.05) is 0 Å². The van der Waals surface area contributed by atoms with E-state index in [1.54, 1.807) is 0 Å². The third-order valence-corrected chi connectivity index (χ3v) is 13.1. The van der Waals surface area contributed by atoms with Crippen molar-refractivity contribution in [1.82, 2.24) is 0 Å². The Morgan fingerprint density at radius 3 is 2.17 bits per heavy atom. The second-order valence-electron chi connectivity index (χ2n) is 14.4. The summed E-state index contributed by atoms with van der Waals surface area (Å²) in [7, 11) is 0. The van der Waals surface area contributed by atoms with E-state index in [9.17, 15) is 5.11 Å². The van der Waals surface area contributed by atoms with Gasteiger partial charge in [0.2, 0.25) is 0 Å². The van der Waals surface area contributed by atoms with Crippen molar-refractivity contribution >= 4 is 0 Å². The van der Waals surface area contributed by atoms with Gasteiger partial charge in [-0.2, -0.15) is 0 Å². The molecule has 0 unspecified atom stereocenters. The fraction of sp³-hybridized carbons (Fsp3) is 0.931. The largest absolute Gasteiger partial charge is 0.393 e. The summed E-state index contributed by atoms with van der Waals surface area (Å²) in [6.45, 7) is 22.1. The smallest absolute Gasteiger partial charge is 0.0599 e. The average molecular weight is 413 g/mol. The molecule has 0 radical (unpaired) electrons. The van der Waals surface area contributed by atoms with Crippen LogP contribution in [0.2, 0.25) is 0 Å². The van der Waals surface area contributed by atoms with Crippen LogP contribution in [0.5, 0.6) is 0 Å². The Morgan fingerprint density at radius 2 is 1.50 bits per heavy atom. The highest BCUT2D eigenvalue weighted by Gasteiger charge is 2.71. The molecule has 10 atom stereocenters. The van der Waals surface area contributed by atoms with Gasteiger partial charge in [0.1, 0.15) is 0 Å². The van der Waals surface area contributed by atoms with Crippen LogP contribution in [0.4, 0.5) is 0 Å². The summed E-state index contributed by atoms with van der Waals surface area (Å²) in [5.74, 6) is 3.92. The highest BCUT2D eigenvalue weighted by Crippen LogP contribution is 2.78. The molecule has 0 aromatic heterocycles. The van der Waals surface area contributed by atoms with Gasteiger partial charge in [0.15, 0.2) is 0 Å². The van der Waals surface area contributed by atoms with Crippen LogP contribution in [0.15, 0.2) is 12.2 Å². The highest BCUT2D eigenvalue weighted by molar-refractivity contribution is 5.21. The van der Waals surface area contributed by atoms with Crippen molar-refractivity contribution in [3.05, 3.63) is 12.2 Å². The molecule has 0 bridgehead atoms. The zero-order valence-electron chi connectivity index (χ0n) is 21.0. The van der Waals surface area contributed by atoms with Gasteiger partial charge in [-0.3, -0.25) is 0 Å². The Hall–Kier alpha value is -0.300. The van der Waals surface area contributed by atoms with Crippen LogP contribution in [-0.2, 0) is 0 Å². The highest BCUT2D eigenvalue weighted by atomic mass is 16.3. The molecule has 0 saturated heterocycles. The molecule has 0 aliphatic heterocycles. The maximum Gasteiger partial charge on any atom is 0.0599 e. The zero-order chi connectivity index (χ0) is 21.9. The number of fused-ring (bicyclic) bond motifs is 7. The van der Waals surface area contributed by atoms with E-state index < -0.39 is 0 Å². The summed E-state index contributed by atoms with van der Waals surface area (Å²) >= 11 is 0. The Morgan fingerprint density at radius 1 is 0.800 bits per heavy atom. The van der Waals surface area contributed by atoms with Crippen molar-refractivity contribution in [1.29, 1.82) is 0 Å². The molecule has 5 saturated carbocycles. The molecule has 5 aliphatic rings. The fourth-order valence-corrected chi connectivity index (χ4v) is 11.3. The van der Waals surface area contributed by atoms with E-state index in [4.69, 9.17) is 0 Å². The quantitative estimate of drug-likeness (QED) is 0.439. The van der Waals surface area contributed by atoms with Gasteiger partial charge in [-0.15, -0.1) is 0 Å². The molecule has 1 nitrogen and oxygen atoms in total. The number of aliphatic hydroxyl groups is 1. The molecule has 0 amide bonds. The van der Waals surface area contributed by atoms with Crippen molar-refractivity contribution < 1.29 is 5.11 Å². The maximum atomic E-state index is 11.1. The van der Waals surface area contributed by atoms with Gasteiger partial charge in [-0.1, -0.05) is 53.7 Å². The summed E-state index contributed by atoms with van der Waals surface area (Å²) in [5.41, 5.74) is 3.26. The van der Waals surface area contributed by atoms with Gasteiger partial charge >= 0.3 is 0 Å². The average Bonchev–Trinajstić information content (AvgIpc) is 3.08. The summed E-state index contributed by atoms with van der Waals surface area (Å²) in [5, 5.41) is 11.1. The predicted molar refractivity (Wildman–Crippen MR) is 126 cm³/mol. The first-order valence-electron chi connectivity index (χ1n) is 13.1. The fourth-order valence-electron chi connectivity index (χ4n) is 11.3. The number of rotatable bonds is 1. The molecule has 1 heteroatoms. The normalized spacial score (nSPS) is 59.1. The monoisotopic (exact) mass is 412 g/mol. The Labute approximate surface area is 186 Å². The van der Waals surface area contributed by atoms with Crippen molar-refractivity contribution in [3.8, 4) is 0 Å². The molecule has 5 aliphatic carbocycles. The molecule has 0 aromatic carbocycles. The van der Waals surface area contributed by atoms with E-state index in [0.717, 1.165) is 30.1 Å². The van der Waals surface area contributed by atoms with Gasteiger partial charge in [-0.05, 0) is 121 Å². The van der Waals surface area contributed by atoms with E-state index in [0.29, 0.717) is 27.6 Å². The van der Waals surface area contributed by atoms with Crippen molar-refractivity contribution in [2.45, 2.75) is 112 Å². The minimum absolute atomic E-state index is 0.0788. The van der Waals surface area contributed by atoms with E-state index in [2.05, 4.69) is 55.0 Å². The van der Waals surface area contributed by atoms with E-state index >= 15 is 0 Å². The minimum atomic E-state index is -0.127. The Balaban J connectivity index is 1.55. The second kappa shape index (κ2) is 6.18. The van der Waals surface area contributed by atoms with Gasteiger partial charge in [-0.25, -0.2) is 0 Å².